The summed E-state index contributed by atoms with van der Waals surface area (Å²) in [5, 5.41) is 23.9. The molecule has 0 aliphatic rings. The number of halogens is 1. The fourth-order valence-electron chi connectivity index (χ4n) is 4.79. The molecule has 0 aliphatic heterocycles. The Morgan fingerprint density at radius 2 is 1.75 bits per heavy atom. The third-order valence-electron chi connectivity index (χ3n) is 7.01. The van der Waals surface area contributed by atoms with Gasteiger partial charge >= 0.3 is 29.6 Å². The van der Waals surface area contributed by atoms with Gasteiger partial charge in [0.2, 0.25) is 0 Å². The molecule has 3 aromatic carbocycles. The molecule has 7 heteroatoms. The van der Waals surface area contributed by atoms with E-state index in [2.05, 4.69) is 42.5 Å². The second kappa shape index (κ2) is 14.9. The van der Waals surface area contributed by atoms with Gasteiger partial charge in [0, 0.05) is 39.0 Å². The second-order valence-corrected chi connectivity index (χ2v) is 12.4. The number of aromatic nitrogens is 1. The molecule has 0 radical (unpaired) electrons. The van der Waals surface area contributed by atoms with Crippen molar-refractivity contribution in [1.82, 2.24) is 4.98 Å². The van der Waals surface area contributed by atoms with Crippen LogP contribution in [0.4, 0.5) is 0 Å². The van der Waals surface area contributed by atoms with Crippen molar-refractivity contribution in [2.24, 2.45) is 5.92 Å². The molecule has 0 saturated heterocycles. The van der Waals surface area contributed by atoms with E-state index in [0.29, 0.717) is 10.8 Å². The maximum absolute atomic E-state index is 11.4. The summed E-state index contributed by atoms with van der Waals surface area (Å²) in [6.45, 7) is 5.31. The second-order valence-electron chi connectivity index (χ2n) is 10.7. The number of thioether (sulfide) groups is 1. The molecule has 40 heavy (non-hydrogen) atoms. The SMILES string of the molecule is CC(CSC(CCc1ccccc1C(C)(C)O)c1cccc(CCc2ccc3ccc(Cl)cc3n2)c1)C(=O)[O-].[Na+]. The van der Waals surface area contributed by atoms with E-state index in [-0.39, 0.29) is 34.8 Å². The van der Waals surface area contributed by atoms with Crippen LogP contribution in [0.25, 0.3) is 10.9 Å². The molecule has 1 heterocycles. The number of hydrogen-bond acceptors (Lipinski definition) is 5. The quantitative estimate of drug-likeness (QED) is 0.258. The van der Waals surface area contributed by atoms with Crippen molar-refractivity contribution in [3.63, 3.8) is 0 Å². The number of benzene rings is 3. The average Bonchev–Trinajstić information content (AvgIpc) is 2.91. The summed E-state index contributed by atoms with van der Waals surface area (Å²) in [7, 11) is 0. The van der Waals surface area contributed by atoms with Crippen LogP contribution in [0.1, 0.15) is 60.4 Å². The fourth-order valence-corrected chi connectivity index (χ4v) is 6.24. The molecule has 1 N–H and O–H groups in total. The van der Waals surface area contributed by atoms with Gasteiger partial charge in [-0.2, -0.15) is 11.8 Å². The zero-order chi connectivity index (χ0) is 28.0. The molecule has 2 unspecified atom stereocenters. The van der Waals surface area contributed by atoms with Crippen LogP contribution in [0.5, 0.6) is 0 Å². The first-order valence-corrected chi connectivity index (χ1v) is 14.8. The summed E-state index contributed by atoms with van der Waals surface area (Å²) in [4.78, 5) is 16.2. The zero-order valence-electron chi connectivity index (χ0n) is 23.7. The minimum absolute atomic E-state index is 0. The Morgan fingerprint density at radius 1 is 1.00 bits per heavy atom. The van der Waals surface area contributed by atoms with Crippen LogP contribution in [0.15, 0.2) is 78.9 Å². The van der Waals surface area contributed by atoms with Crippen LogP contribution >= 0.6 is 23.4 Å². The predicted octanol–water partition coefficient (Wildman–Crippen LogP) is 3.70. The molecule has 0 saturated carbocycles. The smallest absolute Gasteiger partial charge is 0.550 e. The standard InChI is InChI=1S/C33H36ClNO3S.Na/c1-22(32(36)37)21-39-31(18-14-24-8-4-5-10-29(24)33(2,3)38)26-9-6-7-23(19-26)11-16-28-17-13-25-12-15-27(34)20-30(25)35-28;/h4-10,12-13,15,17,19-20,22,31,38H,11,14,16,18,21H2,1-3H3,(H,36,37);/q;+1/p-1. The van der Waals surface area contributed by atoms with E-state index < -0.39 is 17.5 Å². The molecular weight excluding hydrogens is 549 g/mol. The third-order valence-corrected chi connectivity index (χ3v) is 8.84. The summed E-state index contributed by atoms with van der Waals surface area (Å²) in [5.74, 6) is -1.07. The molecule has 2 atom stereocenters. The summed E-state index contributed by atoms with van der Waals surface area (Å²) in [6.07, 6.45) is 3.27. The van der Waals surface area contributed by atoms with Gasteiger partial charge in [-0.3, -0.25) is 4.98 Å². The van der Waals surface area contributed by atoms with Crippen molar-refractivity contribution in [3.8, 4) is 0 Å². The first-order valence-electron chi connectivity index (χ1n) is 13.4. The van der Waals surface area contributed by atoms with E-state index in [1.165, 1.54) is 11.1 Å². The Labute approximate surface area is 268 Å². The number of carboxylic acid groups (broad SMARTS) is 1. The summed E-state index contributed by atoms with van der Waals surface area (Å²) >= 11 is 7.82. The van der Waals surface area contributed by atoms with Gasteiger partial charge in [0.05, 0.1) is 11.1 Å². The Hall–Kier alpha value is -1.86. The number of carboxylic acids is 1. The van der Waals surface area contributed by atoms with Gasteiger partial charge in [-0.1, -0.05) is 79.2 Å². The summed E-state index contributed by atoms with van der Waals surface area (Å²) < 4.78 is 0. The molecule has 4 aromatic rings. The predicted molar refractivity (Wildman–Crippen MR) is 160 cm³/mol. The van der Waals surface area contributed by atoms with Crippen LogP contribution < -0.4 is 34.7 Å². The molecule has 4 nitrogen and oxygen atoms in total. The topological polar surface area (TPSA) is 73.2 Å². The van der Waals surface area contributed by atoms with Crippen LogP contribution in [0.2, 0.25) is 5.02 Å². The molecule has 4 rings (SSSR count). The Morgan fingerprint density at radius 3 is 2.50 bits per heavy atom. The van der Waals surface area contributed by atoms with E-state index in [0.717, 1.165) is 53.4 Å². The maximum atomic E-state index is 11.4. The number of aliphatic carboxylic acids is 1. The Kier molecular flexibility index (Phi) is 12.1. The number of aryl methyl sites for hydroxylation is 3. The Bertz CT molecular complexity index is 1440. The number of carbonyl (C=O) groups excluding carboxylic acids is 1. The van der Waals surface area contributed by atoms with Crippen molar-refractivity contribution in [2.45, 2.75) is 57.3 Å². The molecule has 0 amide bonds. The number of nitrogens with zero attached hydrogens (tertiary/aromatic N) is 1. The summed E-state index contributed by atoms with van der Waals surface area (Å²) in [6, 6.07) is 26.5. The monoisotopic (exact) mass is 583 g/mol. The van der Waals surface area contributed by atoms with Crippen LogP contribution in [-0.2, 0) is 29.7 Å². The van der Waals surface area contributed by atoms with Gasteiger partial charge in [-0.05, 0) is 80.0 Å². The zero-order valence-corrected chi connectivity index (χ0v) is 27.3. The van der Waals surface area contributed by atoms with E-state index in [9.17, 15) is 15.0 Å². The normalized spacial score (nSPS) is 13.0. The van der Waals surface area contributed by atoms with Crippen molar-refractivity contribution in [2.75, 3.05) is 5.75 Å². The van der Waals surface area contributed by atoms with Crippen molar-refractivity contribution in [3.05, 3.63) is 112 Å². The van der Waals surface area contributed by atoms with Gasteiger partial charge in [0.1, 0.15) is 0 Å². The number of aliphatic hydroxyl groups is 1. The van der Waals surface area contributed by atoms with Gasteiger partial charge < -0.3 is 15.0 Å². The number of carbonyl (C=O) groups is 1. The molecule has 0 fully saturated rings. The molecule has 0 aliphatic carbocycles. The molecule has 204 valence electrons. The van der Waals surface area contributed by atoms with Gasteiger partial charge in [-0.15, -0.1) is 0 Å². The number of fused-ring (bicyclic) bond motifs is 1. The van der Waals surface area contributed by atoms with E-state index in [1.807, 2.05) is 50.2 Å². The largest absolute Gasteiger partial charge is 1.00 e. The average molecular weight is 584 g/mol. The van der Waals surface area contributed by atoms with Crippen LogP contribution in [0.3, 0.4) is 0 Å². The fraction of sp³-hybridized carbons (Fsp3) is 0.333. The molecule has 0 spiro atoms. The third kappa shape index (κ3) is 9.07. The minimum Gasteiger partial charge on any atom is -0.550 e. The van der Waals surface area contributed by atoms with E-state index in [4.69, 9.17) is 16.6 Å². The first kappa shape index (κ1) is 32.7. The minimum atomic E-state index is -1.02. The molecule has 0 bridgehead atoms. The number of rotatable bonds is 12. The van der Waals surface area contributed by atoms with Crippen molar-refractivity contribution in [1.29, 1.82) is 0 Å². The van der Waals surface area contributed by atoms with Gasteiger partial charge in [0.15, 0.2) is 0 Å². The maximum Gasteiger partial charge on any atom is 1.00 e. The molecular formula is C33H35ClNNaO3S. The van der Waals surface area contributed by atoms with Crippen molar-refractivity contribution >= 4 is 40.2 Å². The van der Waals surface area contributed by atoms with Crippen LogP contribution in [-0.4, -0.2) is 21.8 Å². The van der Waals surface area contributed by atoms with E-state index >= 15 is 0 Å². The van der Waals surface area contributed by atoms with Crippen molar-refractivity contribution < 1.29 is 44.6 Å². The van der Waals surface area contributed by atoms with Crippen LogP contribution in [0, 0.1) is 5.92 Å². The number of hydrogen-bond donors (Lipinski definition) is 1. The van der Waals surface area contributed by atoms with Gasteiger partial charge in [0.25, 0.3) is 0 Å². The number of pyridine rings is 1. The van der Waals surface area contributed by atoms with E-state index in [1.54, 1.807) is 18.7 Å². The summed E-state index contributed by atoms with van der Waals surface area (Å²) in [5.41, 5.74) is 5.44. The first-order chi connectivity index (χ1) is 18.6. The Balaban J connectivity index is 0.00000441. The van der Waals surface area contributed by atoms with Gasteiger partial charge in [-0.25, -0.2) is 0 Å². The molecule has 1 aromatic heterocycles.